The maximum atomic E-state index is 12.7. The van der Waals surface area contributed by atoms with Crippen LogP contribution >= 0.6 is 11.6 Å². The molecular formula is C23H16ClF3N7O2+. The fourth-order valence-corrected chi connectivity index (χ4v) is 3.55. The Morgan fingerprint density at radius 3 is 2.50 bits per heavy atom. The lowest BCUT2D eigenvalue weighted by Crippen LogP contribution is -2.51. The number of carbonyl (C=O) groups excluding carboxylic acids is 1. The van der Waals surface area contributed by atoms with Crippen molar-refractivity contribution in [3.05, 3.63) is 81.7 Å². The molecule has 36 heavy (non-hydrogen) atoms. The molecule has 2 heterocycles. The third-order valence-corrected chi connectivity index (χ3v) is 5.49. The molecule has 0 radical (unpaired) electrons. The molecule has 0 fully saturated rings. The SMILES string of the molecule is CC(C(=O)Nc1ccc(-c2n[nH][n+](C(F)(F)F)n2)cc1)n1ccc(-c2cc(Cl)ccc2C#N)cc1=O. The molecule has 0 aliphatic heterocycles. The average molecular weight is 515 g/mol. The summed E-state index contributed by atoms with van der Waals surface area (Å²) >= 11 is 6.03. The summed E-state index contributed by atoms with van der Waals surface area (Å²) < 4.78 is 39.2. The molecule has 0 bridgehead atoms. The standard InChI is InChI=1S/C23H15ClF3N7O2/c1-13(33-9-8-15(10-20(33)35)19-11-17(24)5-2-16(19)12-28)22(36)29-18-6-3-14(4-7-18)21-30-32-34(31-21)23(25,26)27/h2-11,13H,1H3,(H,29,31,36)/p+1. The lowest BCUT2D eigenvalue weighted by Gasteiger charge is -2.16. The topological polar surface area (TPSA) is 120 Å². The van der Waals surface area contributed by atoms with Gasteiger partial charge in [-0.05, 0) is 71.3 Å². The molecule has 4 aromatic rings. The highest BCUT2D eigenvalue weighted by molar-refractivity contribution is 6.30. The molecular weight excluding hydrogens is 499 g/mol. The van der Waals surface area contributed by atoms with Crippen LogP contribution in [0.25, 0.3) is 22.5 Å². The predicted molar refractivity (Wildman–Crippen MR) is 123 cm³/mol. The van der Waals surface area contributed by atoms with Gasteiger partial charge in [0.1, 0.15) is 6.04 Å². The summed E-state index contributed by atoms with van der Waals surface area (Å²) in [5.74, 6) is -0.671. The summed E-state index contributed by atoms with van der Waals surface area (Å²) in [6.07, 6.45) is -3.27. The third-order valence-electron chi connectivity index (χ3n) is 5.25. The van der Waals surface area contributed by atoms with Crippen molar-refractivity contribution in [3.63, 3.8) is 0 Å². The summed E-state index contributed by atoms with van der Waals surface area (Å²) in [7, 11) is 0. The Hall–Kier alpha value is -4.50. The van der Waals surface area contributed by atoms with E-state index < -0.39 is 23.8 Å². The molecule has 13 heteroatoms. The van der Waals surface area contributed by atoms with E-state index >= 15 is 0 Å². The molecule has 0 aliphatic carbocycles. The minimum absolute atomic E-state index is 0.176. The van der Waals surface area contributed by atoms with Gasteiger partial charge < -0.3 is 9.88 Å². The van der Waals surface area contributed by atoms with E-state index in [1.54, 1.807) is 29.5 Å². The maximum absolute atomic E-state index is 12.7. The molecule has 2 N–H and O–H groups in total. The van der Waals surface area contributed by atoms with Crippen LogP contribution in [0.2, 0.25) is 5.02 Å². The van der Waals surface area contributed by atoms with Crippen molar-refractivity contribution in [2.45, 2.75) is 19.3 Å². The Morgan fingerprint density at radius 1 is 1.17 bits per heavy atom. The summed E-state index contributed by atoms with van der Waals surface area (Å²) in [5.41, 5.74) is 1.53. The van der Waals surface area contributed by atoms with Crippen LogP contribution in [-0.2, 0) is 11.1 Å². The van der Waals surface area contributed by atoms with Crippen molar-refractivity contribution >= 4 is 23.2 Å². The van der Waals surface area contributed by atoms with Crippen LogP contribution < -0.4 is 15.7 Å². The zero-order valence-corrected chi connectivity index (χ0v) is 19.2. The second-order valence-corrected chi connectivity index (χ2v) is 8.06. The number of aromatic nitrogens is 5. The number of hydrogen-bond acceptors (Lipinski definition) is 5. The van der Waals surface area contributed by atoms with E-state index in [0.717, 1.165) is 0 Å². The van der Waals surface area contributed by atoms with Gasteiger partial charge in [-0.3, -0.25) is 9.59 Å². The van der Waals surface area contributed by atoms with E-state index in [1.165, 1.54) is 48.0 Å². The summed E-state index contributed by atoms with van der Waals surface area (Å²) in [5, 5.41) is 21.0. The quantitative estimate of drug-likeness (QED) is 0.393. The fourth-order valence-electron chi connectivity index (χ4n) is 3.38. The molecule has 1 unspecified atom stereocenters. The van der Waals surface area contributed by atoms with E-state index in [1.807, 2.05) is 0 Å². The van der Waals surface area contributed by atoms with Crippen LogP contribution in [-0.4, -0.2) is 25.9 Å². The van der Waals surface area contributed by atoms with Crippen molar-refractivity contribution in [3.8, 4) is 28.6 Å². The number of carbonyl (C=O) groups is 1. The Balaban J connectivity index is 1.49. The number of benzene rings is 2. The van der Waals surface area contributed by atoms with Gasteiger partial charge in [-0.25, -0.2) is 0 Å². The number of halogens is 4. The largest absolute Gasteiger partial charge is 0.606 e. The van der Waals surface area contributed by atoms with E-state index in [4.69, 9.17) is 11.6 Å². The molecule has 2 aromatic heterocycles. The number of nitriles is 1. The monoisotopic (exact) mass is 514 g/mol. The van der Waals surface area contributed by atoms with Gasteiger partial charge in [-0.2, -0.15) is 5.26 Å². The summed E-state index contributed by atoms with van der Waals surface area (Å²) in [6, 6.07) is 14.6. The number of tetrazole rings is 1. The van der Waals surface area contributed by atoms with Gasteiger partial charge in [-0.15, -0.1) is 13.2 Å². The number of alkyl halides is 3. The highest BCUT2D eigenvalue weighted by atomic mass is 35.5. The molecule has 2 aromatic carbocycles. The number of pyridine rings is 1. The van der Waals surface area contributed by atoms with Crippen molar-refractivity contribution in [1.29, 1.82) is 5.26 Å². The first-order valence-electron chi connectivity index (χ1n) is 10.3. The van der Waals surface area contributed by atoms with Crippen LogP contribution in [0.5, 0.6) is 0 Å². The highest BCUT2D eigenvalue weighted by Crippen LogP contribution is 2.26. The summed E-state index contributed by atoms with van der Waals surface area (Å²) in [6.45, 7) is 1.54. The first-order chi connectivity index (χ1) is 17.1. The first kappa shape index (κ1) is 24.6. The fraction of sp³-hybridized carbons (Fsp3) is 0.130. The van der Waals surface area contributed by atoms with Gasteiger partial charge in [0.05, 0.1) is 22.3 Å². The van der Waals surface area contributed by atoms with Crippen LogP contribution in [0, 0.1) is 11.3 Å². The molecule has 1 amide bonds. The number of nitrogens with zero attached hydrogens (tertiary/aromatic N) is 5. The van der Waals surface area contributed by atoms with Crippen LogP contribution in [0.15, 0.2) is 65.6 Å². The van der Waals surface area contributed by atoms with E-state index in [0.29, 0.717) is 33.0 Å². The number of H-pyrrole nitrogens is 1. The molecule has 4 rings (SSSR count). The van der Waals surface area contributed by atoms with Gasteiger partial charge in [0.25, 0.3) is 5.56 Å². The predicted octanol–water partition coefficient (Wildman–Crippen LogP) is 3.79. The zero-order chi connectivity index (χ0) is 26.0. The number of hydrogen-bond donors (Lipinski definition) is 2. The second-order valence-electron chi connectivity index (χ2n) is 7.62. The van der Waals surface area contributed by atoms with Crippen LogP contribution in [0.4, 0.5) is 18.9 Å². The van der Waals surface area contributed by atoms with E-state index in [2.05, 4.69) is 21.6 Å². The number of anilines is 1. The lowest BCUT2D eigenvalue weighted by molar-refractivity contribution is -0.934. The minimum Gasteiger partial charge on any atom is -0.324 e. The minimum atomic E-state index is -4.72. The van der Waals surface area contributed by atoms with Crippen molar-refractivity contribution in [2.24, 2.45) is 0 Å². The second kappa shape index (κ2) is 9.63. The first-order valence-corrected chi connectivity index (χ1v) is 10.7. The molecule has 0 saturated carbocycles. The Morgan fingerprint density at radius 2 is 1.89 bits per heavy atom. The number of aromatic amines is 1. The Kier molecular flexibility index (Phi) is 6.59. The zero-order valence-electron chi connectivity index (χ0n) is 18.4. The van der Waals surface area contributed by atoms with Crippen molar-refractivity contribution < 1.29 is 22.8 Å². The molecule has 9 nitrogen and oxygen atoms in total. The van der Waals surface area contributed by atoms with Gasteiger partial charge in [0, 0.05) is 33.3 Å². The van der Waals surface area contributed by atoms with Gasteiger partial charge in [0.15, 0.2) is 0 Å². The third kappa shape index (κ3) is 5.11. The van der Waals surface area contributed by atoms with Gasteiger partial charge >= 0.3 is 12.1 Å². The highest BCUT2D eigenvalue weighted by Gasteiger charge is 2.41. The van der Waals surface area contributed by atoms with Gasteiger partial charge in [-0.1, -0.05) is 11.6 Å². The number of rotatable bonds is 5. The van der Waals surface area contributed by atoms with Crippen molar-refractivity contribution in [2.75, 3.05) is 5.32 Å². The van der Waals surface area contributed by atoms with Crippen LogP contribution in [0.3, 0.4) is 0 Å². The molecule has 0 spiro atoms. The smallest absolute Gasteiger partial charge is 0.324 e. The summed E-state index contributed by atoms with van der Waals surface area (Å²) in [4.78, 5) is 25.2. The molecule has 0 aliphatic rings. The molecule has 0 saturated heterocycles. The normalized spacial score (nSPS) is 12.1. The van der Waals surface area contributed by atoms with Gasteiger partial charge in [0.2, 0.25) is 5.91 Å². The van der Waals surface area contributed by atoms with Crippen molar-refractivity contribution in [1.82, 2.24) is 20.0 Å². The lowest BCUT2D eigenvalue weighted by atomic mass is 10.0. The number of amides is 1. The maximum Gasteiger partial charge on any atom is 0.606 e. The van der Waals surface area contributed by atoms with E-state index in [9.17, 15) is 28.0 Å². The Bertz CT molecular complexity index is 1540. The molecule has 1 atom stereocenters. The van der Waals surface area contributed by atoms with E-state index in [-0.39, 0.29) is 10.6 Å². The molecule has 182 valence electrons. The number of nitrogens with one attached hydrogen (secondary N) is 2. The Labute approximate surface area is 206 Å². The average Bonchev–Trinajstić information content (AvgIpc) is 3.35. The van der Waals surface area contributed by atoms with Crippen LogP contribution in [0.1, 0.15) is 18.5 Å².